The normalized spacial score (nSPS) is 15.2. The van der Waals surface area contributed by atoms with Crippen molar-refractivity contribution in [3.63, 3.8) is 0 Å². The first kappa shape index (κ1) is 12.1. The number of fused-ring (bicyclic) bond motifs is 1. The van der Waals surface area contributed by atoms with Gasteiger partial charge in [-0.05, 0) is 18.1 Å². The molecule has 3 nitrogen and oxygen atoms in total. The van der Waals surface area contributed by atoms with Gasteiger partial charge in [0.15, 0.2) is 5.78 Å². The Balaban J connectivity index is 2.28. The maximum absolute atomic E-state index is 12.3. The number of ether oxygens (including phenoxy) is 2. The Morgan fingerprint density at radius 2 is 2.35 bits per heavy atom. The number of hydrogen-bond acceptors (Lipinski definition) is 3. The van der Waals surface area contributed by atoms with Gasteiger partial charge in [0.05, 0.1) is 12.2 Å². The molecule has 0 aliphatic carbocycles. The van der Waals surface area contributed by atoms with Crippen molar-refractivity contribution in [3.8, 4) is 5.75 Å². The van der Waals surface area contributed by atoms with E-state index in [0.717, 1.165) is 30.6 Å². The van der Waals surface area contributed by atoms with E-state index in [-0.39, 0.29) is 11.9 Å². The number of carbonyl (C=O) groups is 1. The summed E-state index contributed by atoms with van der Waals surface area (Å²) >= 11 is 0. The molecule has 92 valence electrons. The van der Waals surface area contributed by atoms with Crippen LogP contribution in [0.5, 0.6) is 5.75 Å². The van der Waals surface area contributed by atoms with Crippen molar-refractivity contribution in [1.82, 2.24) is 0 Å². The first-order valence-electron chi connectivity index (χ1n) is 6.09. The van der Waals surface area contributed by atoms with E-state index >= 15 is 0 Å². The van der Waals surface area contributed by atoms with E-state index in [1.807, 2.05) is 25.1 Å². The SMILES string of the molecule is CCCC(OC)C(=O)c1cccc2c1OCC2. The fourth-order valence-corrected chi connectivity index (χ4v) is 2.20. The van der Waals surface area contributed by atoms with Crippen molar-refractivity contribution in [1.29, 1.82) is 0 Å². The van der Waals surface area contributed by atoms with Gasteiger partial charge < -0.3 is 9.47 Å². The van der Waals surface area contributed by atoms with Crippen LogP contribution in [-0.4, -0.2) is 25.6 Å². The van der Waals surface area contributed by atoms with Crippen LogP contribution < -0.4 is 4.74 Å². The molecule has 1 heterocycles. The lowest BCUT2D eigenvalue weighted by Crippen LogP contribution is -2.23. The predicted octanol–water partition coefficient (Wildman–Crippen LogP) is 2.62. The summed E-state index contributed by atoms with van der Waals surface area (Å²) < 4.78 is 10.8. The Morgan fingerprint density at radius 3 is 3.06 bits per heavy atom. The smallest absolute Gasteiger partial charge is 0.195 e. The van der Waals surface area contributed by atoms with Gasteiger partial charge in [-0.1, -0.05) is 25.5 Å². The summed E-state index contributed by atoms with van der Waals surface area (Å²) in [6, 6.07) is 5.76. The zero-order valence-electron chi connectivity index (χ0n) is 10.4. The van der Waals surface area contributed by atoms with E-state index in [1.165, 1.54) is 0 Å². The van der Waals surface area contributed by atoms with Gasteiger partial charge in [0.25, 0.3) is 0 Å². The first-order valence-corrected chi connectivity index (χ1v) is 6.09. The predicted molar refractivity (Wildman–Crippen MR) is 65.7 cm³/mol. The van der Waals surface area contributed by atoms with Crippen LogP contribution in [0.3, 0.4) is 0 Å². The van der Waals surface area contributed by atoms with Crippen LogP contribution in [0, 0.1) is 0 Å². The molecular weight excluding hydrogens is 216 g/mol. The summed E-state index contributed by atoms with van der Waals surface area (Å²) in [5, 5.41) is 0. The summed E-state index contributed by atoms with van der Waals surface area (Å²) in [6.07, 6.45) is 2.22. The van der Waals surface area contributed by atoms with Gasteiger partial charge in [0.2, 0.25) is 0 Å². The third kappa shape index (κ3) is 2.34. The van der Waals surface area contributed by atoms with E-state index in [2.05, 4.69) is 0 Å². The third-order valence-corrected chi connectivity index (χ3v) is 3.11. The van der Waals surface area contributed by atoms with E-state index in [0.29, 0.717) is 12.2 Å². The average molecular weight is 234 g/mol. The fourth-order valence-electron chi connectivity index (χ4n) is 2.20. The molecule has 1 unspecified atom stereocenters. The lowest BCUT2D eigenvalue weighted by molar-refractivity contribution is 0.0576. The Bertz CT molecular complexity index is 412. The number of benzene rings is 1. The van der Waals surface area contributed by atoms with Crippen molar-refractivity contribution >= 4 is 5.78 Å². The molecule has 0 radical (unpaired) electrons. The molecular formula is C14H18O3. The van der Waals surface area contributed by atoms with Crippen molar-refractivity contribution in [2.75, 3.05) is 13.7 Å². The molecule has 0 bridgehead atoms. The molecule has 1 aromatic rings. The molecule has 0 saturated carbocycles. The Kier molecular flexibility index (Phi) is 3.79. The van der Waals surface area contributed by atoms with Crippen LogP contribution in [0.15, 0.2) is 18.2 Å². The molecule has 1 atom stereocenters. The zero-order chi connectivity index (χ0) is 12.3. The first-order chi connectivity index (χ1) is 8.27. The van der Waals surface area contributed by atoms with E-state index in [1.54, 1.807) is 7.11 Å². The molecule has 0 aromatic heterocycles. The maximum atomic E-state index is 12.3. The van der Waals surface area contributed by atoms with Crippen LogP contribution in [0.2, 0.25) is 0 Å². The summed E-state index contributed by atoms with van der Waals surface area (Å²) in [5.41, 5.74) is 1.79. The van der Waals surface area contributed by atoms with Crippen molar-refractivity contribution < 1.29 is 14.3 Å². The van der Waals surface area contributed by atoms with Gasteiger partial charge >= 0.3 is 0 Å². The number of hydrogen-bond donors (Lipinski definition) is 0. The standard InChI is InChI=1S/C14H18O3/c1-3-5-12(16-2)13(15)11-7-4-6-10-8-9-17-14(10)11/h4,6-7,12H,3,5,8-9H2,1-2H3. The van der Waals surface area contributed by atoms with Gasteiger partial charge in [0, 0.05) is 13.5 Å². The van der Waals surface area contributed by atoms with Crippen molar-refractivity contribution in [3.05, 3.63) is 29.3 Å². The van der Waals surface area contributed by atoms with Crippen LogP contribution in [-0.2, 0) is 11.2 Å². The summed E-state index contributed by atoms with van der Waals surface area (Å²) in [6.45, 7) is 2.72. The Hall–Kier alpha value is -1.35. The highest BCUT2D eigenvalue weighted by Gasteiger charge is 2.25. The molecule has 17 heavy (non-hydrogen) atoms. The summed E-state index contributed by atoms with van der Waals surface area (Å²) in [5.74, 6) is 0.795. The summed E-state index contributed by atoms with van der Waals surface area (Å²) in [7, 11) is 1.59. The highest BCUT2D eigenvalue weighted by molar-refractivity contribution is 6.02. The monoisotopic (exact) mass is 234 g/mol. The van der Waals surface area contributed by atoms with Gasteiger partial charge in [-0.3, -0.25) is 4.79 Å². The van der Waals surface area contributed by atoms with E-state index in [4.69, 9.17) is 9.47 Å². The summed E-state index contributed by atoms with van der Waals surface area (Å²) in [4.78, 5) is 12.3. The quantitative estimate of drug-likeness (QED) is 0.735. The minimum Gasteiger partial charge on any atom is -0.492 e. The molecule has 1 aliphatic rings. The van der Waals surface area contributed by atoms with Crippen molar-refractivity contribution in [2.45, 2.75) is 32.3 Å². The second-order valence-corrected chi connectivity index (χ2v) is 4.27. The minimum absolute atomic E-state index is 0.0353. The Labute approximate surface area is 102 Å². The second-order valence-electron chi connectivity index (χ2n) is 4.27. The van der Waals surface area contributed by atoms with E-state index in [9.17, 15) is 4.79 Å². The number of ketones is 1. The lowest BCUT2D eigenvalue weighted by atomic mass is 9.99. The number of rotatable bonds is 5. The number of Topliss-reactive ketones (excluding diaryl/α,β-unsaturated/α-hetero) is 1. The van der Waals surface area contributed by atoms with Gasteiger partial charge in [-0.15, -0.1) is 0 Å². The molecule has 0 saturated heterocycles. The van der Waals surface area contributed by atoms with Crippen LogP contribution in [0.25, 0.3) is 0 Å². The van der Waals surface area contributed by atoms with Crippen molar-refractivity contribution in [2.24, 2.45) is 0 Å². The fraction of sp³-hybridized carbons (Fsp3) is 0.500. The highest BCUT2D eigenvalue weighted by Crippen LogP contribution is 2.30. The van der Waals surface area contributed by atoms with Crippen LogP contribution in [0.1, 0.15) is 35.7 Å². The molecule has 1 aromatic carbocycles. The molecule has 0 fully saturated rings. The molecule has 0 N–H and O–H groups in total. The maximum Gasteiger partial charge on any atom is 0.195 e. The second kappa shape index (κ2) is 5.32. The molecule has 0 amide bonds. The highest BCUT2D eigenvalue weighted by atomic mass is 16.5. The number of para-hydroxylation sites is 1. The van der Waals surface area contributed by atoms with E-state index < -0.39 is 0 Å². The largest absolute Gasteiger partial charge is 0.492 e. The molecule has 3 heteroatoms. The third-order valence-electron chi connectivity index (χ3n) is 3.11. The molecule has 1 aliphatic heterocycles. The number of methoxy groups -OCH3 is 1. The minimum atomic E-state index is -0.351. The van der Waals surface area contributed by atoms with Gasteiger partial charge in [-0.25, -0.2) is 0 Å². The Morgan fingerprint density at radius 1 is 1.53 bits per heavy atom. The molecule has 2 rings (SSSR count). The van der Waals surface area contributed by atoms with Gasteiger partial charge in [0.1, 0.15) is 11.9 Å². The number of carbonyl (C=O) groups excluding carboxylic acids is 1. The molecule has 0 spiro atoms. The average Bonchev–Trinajstić information content (AvgIpc) is 2.83. The van der Waals surface area contributed by atoms with Crippen LogP contribution in [0.4, 0.5) is 0 Å². The van der Waals surface area contributed by atoms with Gasteiger partial charge in [-0.2, -0.15) is 0 Å². The zero-order valence-corrected chi connectivity index (χ0v) is 10.4. The lowest BCUT2D eigenvalue weighted by Gasteiger charge is -2.14. The topological polar surface area (TPSA) is 35.5 Å². The van der Waals surface area contributed by atoms with Crippen LogP contribution >= 0.6 is 0 Å².